The van der Waals surface area contributed by atoms with Crippen molar-refractivity contribution in [2.45, 2.75) is 0 Å². The van der Waals surface area contributed by atoms with Crippen molar-refractivity contribution in [3.05, 3.63) is 48.4 Å². The molecule has 4 nitrogen and oxygen atoms in total. The zero-order valence-electron chi connectivity index (χ0n) is 9.14. The number of halogens is 2. The number of nitrogens with zero attached hydrogens (tertiary/aromatic N) is 3. The van der Waals surface area contributed by atoms with E-state index in [1.807, 2.05) is 0 Å². The summed E-state index contributed by atoms with van der Waals surface area (Å²) in [6.07, 6.45) is 1.57. The number of fused-ring (bicyclic) bond motifs is 1. The van der Waals surface area contributed by atoms with Crippen molar-refractivity contribution in [3.8, 4) is 11.3 Å². The van der Waals surface area contributed by atoms with Gasteiger partial charge in [0.15, 0.2) is 11.5 Å². The molecular weight excluding hydrogens is 238 g/mol. The predicted molar refractivity (Wildman–Crippen MR) is 63.1 cm³/mol. The summed E-state index contributed by atoms with van der Waals surface area (Å²) in [4.78, 5) is 4.13. The third-order valence-electron chi connectivity index (χ3n) is 2.58. The van der Waals surface area contributed by atoms with Crippen LogP contribution < -0.4 is 5.54 Å². The van der Waals surface area contributed by atoms with E-state index >= 15 is 0 Å². The average molecular weight is 246 g/mol. The Bertz CT molecular complexity index is 708. The Balaban J connectivity index is 2.22. The van der Waals surface area contributed by atoms with Gasteiger partial charge in [0.2, 0.25) is 0 Å². The molecule has 0 bridgehead atoms. The van der Waals surface area contributed by atoms with Crippen molar-refractivity contribution in [2.24, 2.45) is 0 Å². The van der Waals surface area contributed by atoms with Crippen LogP contribution >= 0.6 is 0 Å². The number of aromatic nitrogens is 3. The minimum atomic E-state index is -0.345. The molecule has 0 aliphatic heterocycles. The molecule has 6 heteroatoms. The standard InChI is InChI=1S/C12H8F2N4/c13-9-3-1-2-8(6-9)10-7-15-12-5-4-11(16-14)17-18(10)12/h1-7H,(H,16,17). The van der Waals surface area contributed by atoms with Crippen LogP contribution in [0.15, 0.2) is 42.6 Å². The zero-order chi connectivity index (χ0) is 12.5. The fourth-order valence-electron chi connectivity index (χ4n) is 1.77. The lowest BCUT2D eigenvalue weighted by atomic mass is 10.2. The summed E-state index contributed by atoms with van der Waals surface area (Å²) in [5.41, 5.74) is 3.26. The van der Waals surface area contributed by atoms with Gasteiger partial charge in [-0.3, -0.25) is 0 Å². The SMILES string of the molecule is FNc1ccc2ncc(-c3cccc(F)c3)n2n1. The van der Waals surface area contributed by atoms with Gasteiger partial charge in [0.1, 0.15) is 5.82 Å². The first-order valence-corrected chi connectivity index (χ1v) is 5.25. The molecule has 0 saturated heterocycles. The number of benzene rings is 1. The number of anilines is 1. The molecule has 3 aromatic rings. The lowest BCUT2D eigenvalue weighted by molar-refractivity contribution is 0.607. The normalized spacial score (nSPS) is 10.8. The van der Waals surface area contributed by atoms with Gasteiger partial charge in [0.25, 0.3) is 0 Å². The van der Waals surface area contributed by atoms with Crippen molar-refractivity contribution < 1.29 is 8.87 Å². The minimum absolute atomic E-state index is 0.0677. The zero-order valence-corrected chi connectivity index (χ0v) is 9.14. The Kier molecular flexibility index (Phi) is 2.40. The Morgan fingerprint density at radius 2 is 2.06 bits per heavy atom. The Hall–Kier alpha value is -2.50. The van der Waals surface area contributed by atoms with Crippen LogP contribution in [0.2, 0.25) is 0 Å². The van der Waals surface area contributed by atoms with Crippen molar-refractivity contribution in [3.63, 3.8) is 0 Å². The molecule has 90 valence electrons. The van der Waals surface area contributed by atoms with Crippen LogP contribution in [0.4, 0.5) is 14.7 Å². The van der Waals surface area contributed by atoms with Crippen LogP contribution in [-0.2, 0) is 0 Å². The van der Waals surface area contributed by atoms with Gasteiger partial charge < -0.3 is 0 Å². The molecule has 3 rings (SSSR count). The van der Waals surface area contributed by atoms with Crippen LogP contribution in [0, 0.1) is 5.82 Å². The van der Waals surface area contributed by atoms with Crippen molar-refractivity contribution in [1.29, 1.82) is 0 Å². The Morgan fingerprint density at radius 3 is 2.83 bits per heavy atom. The highest BCUT2D eigenvalue weighted by Crippen LogP contribution is 2.21. The fraction of sp³-hybridized carbons (Fsp3) is 0. The third-order valence-corrected chi connectivity index (χ3v) is 2.58. The molecule has 0 unspecified atom stereocenters. The third kappa shape index (κ3) is 1.67. The van der Waals surface area contributed by atoms with Gasteiger partial charge in [-0.25, -0.2) is 19.4 Å². The molecule has 0 amide bonds. The molecular formula is C12H8F2N4. The molecule has 0 radical (unpaired) electrons. The first kappa shape index (κ1) is 10.6. The molecule has 0 saturated carbocycles. The van der Waals surface area contributed by atoms with Crippen LogP contribution in [0.5, 0.6) is 0 Å². The lowest BCUT2D eigenvalue weighted by Crippen LogP contribution is -1.97. The van der Waals surface area contributed by atoms with E-state index in [0.717, 1.165) is 0 Å². The average Bonchev–Trinajstić information content (AvgIpc) is 2.81. The summed E-state index contributed by atoms with van der Waals surface area (Å²) in [7, 11) is 0. The molecule has 1 N–H and O–H groups in total. The molecule has 0 atom stereocenters. The van der Waals surface area contributed by atoms with E-state index in [1.165, 1.54) is 28.3 Å². The molecule has 0 aliphatic rings. The summed E-state index contributed by atoms with van der Waals surface area (Å²) in [5, 5.41) is 4.01. The fourth-order valence-corrected chi connectivity index (χ4v) is 1.77. The molecule has 0 fully saturated rings. The molecule has 0 aliphatic carbocycles. The first-order chi connectivity index (χ1) is 8.78. The van der Waals surface area contributed by atoms with Crippen molar-refractivity contribution >= 4 is 11.5 Å². The monoisotopic (exact) mass is 246 g/mol. The summed E-state index contributed by atoms with van der Waals surface area (Å²) < 4.78 is 27.0. The van der Waals surface area contributed by atoms with Gasteiger partial charge in [-0.1, -0.05) is 12.1 Å². The maximum absolute atomic E-state index is 13.2. The van der Waals surface area contributed by atoms with E-state index in [0.29, 0.717) is 16.9 Å². The highest BCUT2D eigenvalue weighted by atomic mass is 19.2. The largest absolute Gasteiger partial charge is 0.235 e. The molecule has 1 aromatic carbocycles. The number of hydrogen-bond donors (Lipinski definition) is 1. The molecule has 2 aromatic heterocycles. The van der Waals surface area contributed by atoms with Crippen LogP contribution in [-0.4, -0.2) is 14.6 Å². The second-order valence-corrected chi connectivity index (χ2v) is 3.74. The quantitative estimate of drug-likeness (QED) is 0.707. The van der Waals surface area contributed by atoms with E-state index in [9.17, 15) is 8.87 Å². The number of imidazole rings is 1. The van der Waals surface area contributed by atoms with E-state index in [2.05, 4.69) is 10.1 Å². The predicted octanol–water partition coefficient (Wildman–Crippen LogP) is 2.83. The van der Waals surface area contributed by atoms with Gasteiger partial charge >= 0.3 is 0 Å². The van der Waals surface area contributed by atoms with Crippen molar-refractivity contribution in [2.75, 3.05) is 5.54 Å². The number of rotatable bonds is 2. The highest BCUT2D eigenvalue weighted by molar-refractivity contribution is 5.63. The lowest BCUT2D eigenvalue weighted by Gasteiger charge is -2.02. The van der Waals surface area contributed by atoms with Crippen LogP contribution in [0.25, 0.3) is 16.9 Å². The summed E-state index contributed by atoms with van der Waals surface area (Å²) >= 11 is 0. The second-order valence-electron chi connectivity index (χ2n) is 3.74. The van der Waals surface area contributed by atoms with Gasteiger partial charge in [-0.05, 0) is 24.3 Å². The summed E-state index contributed by atoms with van der Waals surface area (Å²) in [6.45, 7) is 0. The van der Waals surface area contributed by atoms with Gasteiger partial charge in [-0.15, -0.1) is 9.58 Å². The summed E-state index contributed by atoms with van der Waals surface area (Å²) in [6, 6.07) is 9.16. The Morgan fingerprint density at radius 1 is 1.17 bits per heavy atom. The first-order valence-electron chi connectivity index (χ1n) is 5.25. The molecule has 2 heterocycles. The van der Waals surface area contributed by atoms with E-state index in [-0.39, 0.29) is 11.6 Å². The van der Waals surface area contributed by atoms with E-state index in [4.69, 9.17) is 0 Å². The highest BCUT2D eigenvalue weighted by Gasteiger charge is 2.08. The minimum Gasteiger partial charge on any atom is -0.235 e. The van der Waals surface area contributed by atoms with Crippen molar-refractivity contribution in [1.82, 2.24) is 14.6 Å². The molecule has 0 spiro atoms. The van der Waals surface area contributed by atoms with Gasteiger partial charge in [0, 0.05) is 5.56 Å². The number of nitrogens with one attached hydrogen (secondary N) is 1. The maximum Gasteiger partial charge on any atom is 0.175 e. The van der Waals surface area contributed by atoms with Crippen LogP contribution in [0.1, 0.15) is 0 Å². The smallest absolute Gasteiger partial charge is 0.175 e. The van der Waals surface area contributed by atoms with E-state index in [1.54, 1.807) is 24.4 Å². The topological polar surface area (TPSA) is 42.2 Å². The number of hydrogen-bond acceptors (Lipinski definition) is 3. The second kappa shape index (κ2) is 4.06. The van der Waals surface area contributed by atoms with Crippen LogP contribution in [0.3, 0.4) is 0 Å². The summed E-state index contributed by atoms with van der Waals surface area (Å²) in [5.74, 6) is -0.277. The Labute approximate surface area is 101 Å². The van der Waals surface area contributed by atoms with Gasteiger partial charge in [0.05, 0.1) is 11.9 Å². The maximum atomic E-state index is 13.2. The van der Waals surface area contributed by atoms with E-state index < -0.39 is 0 Å². The van der Waals surface area contributed by atoms with Gasteiger partial charge in [-0.2, -0.15) is 0 Å². The molecule has 18 heavy (non-hydrogen) atoms.